The van der Waals surface area contributed by atoms with Gasteiger partial charge in [-0.25, -0.2) is 0 Å². The van der Waals surface area contributed by atoms with E-state index in [9.17, 15) is 0 Å². The van der Waals surface area contributed by atoms with Crippen LogP contribution in [0.15, 0.2) is 219 Å². The zero-order valence-corrected chi connectivity index (χ0v) is 53.4. The fourth-order valence-electron chi connectivity index (χ4n) is 11.7. The van der Waals surface area contributed by atoms with E-state index < -0.39 is 0 Å². The first-order valence-corrected chi connectivity index (χ1v) is 30.1. The summed E-state index contributed by atoms with van der Waals surface area (Å²) in [7, 11) is 0. The van der Waals surface area contributed by atoms with Crippen molar-refractivity contribution in [1.82, 2.24) is 0 Å². The van der Waals surface area contributed by atoms with Crippen molar-refractivity contribution in [3.63, 3.8) is 0 Å². The van der Waals surface area contributed by atoms with Crippen LogP contribution in [-0.2, 0) is 28.1 Å². The van der Waals surface area contributed by atoms with E-state index in [1.54, 1.807) is 0 Å². The number of rotatable bonds is 16. The quantitative estimate of drug-likeness (QED) is 0.0542. The molecule has 8 rings (SSSR count). The van der Waals surface area contributed by atoms with Gasteiger partial charge in [0.2, 0.25) is 0 Å². The summed E-state index contributed by atoms with van der Waals surface area (Å²) < 4.78 is 0. The Morgan fingerprint density at radius 1 is 0.566 bits per heavy atom. The van der Waals surface area contributed by atoms with E-state index in [-0.39, 0.29) is 28.4 Å². The van der Waals surface area contributed by atoms with Crippen LogP contribution in [0, 0.1) is 0 Å². The van der Waals surface area contributed by atoms with Crippen molar-refractivity contribution in [3.8, 4) is 11.1 Å². The molecule has 0 aliphatic carbocycles. The summed E-state index contributed by atoms with van der Waals surface area (Å²) in [6.45, 7) is 51.5. The maximum atomic E-state index is 4.59. The second kappa shape index (κ2) is 24.6. The van der Waals surface area contributed by atoms with Gasteiger partial charge in [-0.3, -0.25) is 0 Å². The fraction of sp³-hybridized carbons (Fsp3) is 0.291. The maximum absolute atomic E-state index is 4.59. The van der Waals surface area contributed by atoms with Crippen molar-refractivity contribution >= 4 is 68.9 Å². The second-order valence-corrected chi connectivity index (χ2v) is 26.5. The summed E-state index contributed by atoms with van der Waals surface area (Å²) in [5.41, 5.74) is 25.5. The number of hydrogen-bond acceptors (Lipinski definition) is 3. The molecule has 2 aliphatic rings. The van der Waals surface area contributed by atoms with Crippen molar-refractivity contribution < 1.29 is 0 Å². The topological polar surface area (TPSA) is 9.72 Å². The molecule has 0 saturated heterocycles. The molecule has 6 aromatic rings. The normalized spacial score (nSPS) is 14.3. The predicted octanol–water partition coefficient (Wildman–Crippen LogP) is 20.6. The molecule has 0 spiro atoms. The van der Waals surface area contributed by atoms with Gasteiger partial charge in [-0.05, 0) is 202 Å². The van der Waals surface area contributed by atoms with Gasteiger partial charge in [0, 0.05) is 51.1 Å². The highest BCUT2D eigenvalue weighted by Crippen LogP contribution is 2.49. The Morgan fingerprint density at radius 2 is 1.18 bits per heavy atom. The Balaban J connectivity index is 1.52. The van der Waals surface area contributed by atoms with Crippen LogP contribution in [0.2, 0.25) is 0 Å². The molecule has 0 amide bonds. The third-order valence-electron chi connectivity index (χ3n) is 16.5. The van der Waals surface area contributed by atoms with Crippen LogP contribution in [0.4, 0.5) is 34.1 Å². The Kier molecular flexibility index (Phi) is 18.1. The molecular weight excluding hydrogens is 1000 g/mol. The SMILES string of the molecule is C=C/C=C(\C=C/C)N(C(/C=C\C)=C/C)c1ccc2c(c1)N(c1ccc(C(C)(C)C)cc1-c1ccc(C(C)(C)C)cc1)c1cc(C(C)(C)C)cc3c1B2c1cc(C(C)(C)C)ccc1N3/C(C=C)=C/C=C/c1ccc(C(=C)CC)c(C/C=C\C)c1. The first-order chi connectivity index (χ1) is 39.3. The molecule has 0 radical (unpaired) electrons. The van der Waals surface area contributed by atoms with Crippen LogP contribution < -0.4 is 31.1 Å². The average molecular weight is 1090 g/mol. The van der Waals surface area contributed by atoms with Gasteiger partial charge in [-0.1, -0.05) is 225 Å². The Hall–Kier alpha value is -7.82. The minimum absolute atomic E-state index is 0.00374. The lowest BCUT2D eigenvalue weighted by Crippen LogP contribution is -2.62. The van der Waals surface area contributed by atoms with Crippen LogP contribution in [0.1, 0.15) is 163 Å². The highest BCUT2D eigenvalue weighted by atomic mass is 15.2. The van der Waals surface area contributed by atoms with Gasteiger partial charge in [-0.2, -0.15) is 0 Å². The van der Waals surface area contributed by atoms with E-state index in [0.717, 1.165) is 75.2 Å². The first-order valence-electron chi connectivity index (χ1n) is 30.1. The number of anilines is 6. The van der Waals surface area contributed by atoms with Crippen molar-refractivity contribution in [2.75, 3.05) is 14.7 Å². The summed E-state index contributed by atoms with van der Waals surface area (Å²) in [4.78, 5) is 7.49. The van der Waals surface area contributed by atoms with Gasteiger partial charge < -0.3 is 14.7 Å². The lowest BCUT2D eigenvalue weighted by molar-refractivity contribution is 0.589. The Morgan fingerprint density at radius 3 is 1.77 bits per heavy atom. The minimum Gasteiger partial charge on any atom is -0.311 e. The van der Waals surface area contributed by atoms with Crippen LogP contribution in [0.25, 0.3) is 22.8 Å². The molecule has 0 bridgehead atoms. The Labute approximate surface area is 502 Å². The zero-order chi connectivity index (χ0) is 60.3. The van der Waals surface area contributed by atoms with Gasteiger partial charge in [-0.15, -0.1) is 0 Å². The maximum Gasteiger partial charge on any atom is 0.252 e. The summed E-state index contributed by atoms with van der Waals surface area (Å²) in [6.07, 6.45) is 29.7. The molecule has 2 heterocycles. The highest BCUT2D eigenvalue weighted by Gasteiger charge is 2.45. The average Bonchev–Trinajstić information content (AvgIpc) is 2.97. The number of benzene rings is 6. The van der Waals surface area contributed by atoms with Crippen molar-refractivity contribution in [2.24, 2.45) is 0 Å². The summed E-state index contributed by atoms with van der Waals surface area (Å²) in [6, 6.07) is 42.8. The molecule has 0 fully saturated rings. The second-order valence-electron chi connectivity index (χ2n) is 26.5. The fourth-order valence-corrected chi connectivity index (χ4v) is 11.7. The van der Waals surface area contributed by atoms with Gasteiger partial charge in [0.1, 0.15) is 0 Å². The van der Waals surface area contributed by atoms with E-state index in [0.29, 0.717) is 0 Å². The molecule has 83 heavy (non-hydrogen) atoms. The summed E-state index contributed by atoms with van der Waals surface area (Å²) in [5.74, 6) is 0. The van der Waals surface area contributed by atoms with E-state index in [4.69, 9.17) is 0 Å². The van der Waals surface area contributed by atoms with E-state index in [1.165, 1.54) is 60.9 Å². The minimum atomic E-state index is -0.225. The number of fused-ring (bicyclic) bond motifs is 4. The molecule has 4 heteroatoms. The summed E-state index contributed by atoms with van der Waals surface area (Å²) >= 11 is 0. The van der Waals surface area contributed by atoms with Crippen molar-refractivity contribution in [3.05, 3.63) is 258 Å². The van der Waals surface area contributed by atoms with E-state index >= 15 is 0 Å². The number of nitrogens with zero attached hydrogens (tertiary/aromatic N) is 3. The molecule has 2 aliphatic heterocycles. The lowest BCUT2D eigenvalue weighted by Gasteiger charge is -2.46. The highest BCUT2D eigenvalue weighted by molar-refractivity contribution is 7.00. The summed E-state index contributed by atoms with van der Waals surface area (Å²) in [5, 5.41) is 0. The van der Waals surface area contributed by atoms with Crippen molar-refractivity contribution in [2.45, 2.75) is 152 Å². The smallest absolute Gasteiger partial charge is 0.252 e. The number of allylic oxidation sites excluding steroid dienone is 13. The third-order valence-corrected chi connectivity index (χ3v) is 16.5. The van der Waals surface area contributed by atoms with Crippen molar-refractivity contribution in [1.29, 1.82) is 0 Å². The molecule has 3 nitrogen and oxygen atoms in total. The van der Waals surface area contributed by atoms with Gasteiger partial charge in [0.05, 0.1) is 5.69 Å². The molecule has 426 valence electrons. The Bertz CT molecular complexity index is 3660. The molecular formula is C79H92BN3. The largest absolute Gasteiger partial charge is 0.311 e. The molecule has 0 unspecified atom stereocenters. The standard InChI is InChI=1S/C79H92BN3/c1-21-28-34-57-48-55(36-44-66(57)54(8)25-5)33-29-35-63(27-7)82-71-47-42-60(78(15,16)17)50-69(71)80-68-45-43-65(81(62(26-6)30-22-2)64(31-23-3)32-24-4)53-72(68)83(74-52-61(79(18,19)20)51-73(82)75(74)80)70-46-41-59(77(12,13)14)49-67(70)56-37-39-58(40-38-56)76(9,10)11/h21-24,26-33,35-53H,3,7-8,25,34H2,1-2,4-6,9-20H3/b28-21-,30-22-,32-24-,33-29+,62-26+,63-35+,64-31+. The monoisotopic (exact) mass is 1090 g/mol. The van der Waals surface area contributed by atoms with Crippen LogP contribution in [-0.4, -0.2) is 6.71 Å². The third kappa shape index (κ3) is 12.6. The van der Waals surface area contributed by atoms with Gasteiger partial charge >= 0.3 is 0 Å². The molecule has 6 aromatic carbocycles. The van der Waals surface area contributed by atoms with Crippen LogP contribution >= 0.6 is 0 Å². The van der Waals surface area contributed by atoms with Gasteiger partial charge in [0.15, 0.2) is 0 Å². The number of hydrogen-bond donors (Lipinski definition) is 0. The molecule has 0 atom stereocenters. The first kappa shape index (κ1) is 61.3. The van der Waals surface area contributed by atoms with Crippen LogP contribution in [0.5, 0.6) is 0 Å². The zero-order valence-electron chi connectivity index (χ0n) is 53.4. The lowest BCUT2D eigenvalue weighted by atomic mass is 9.33. The van der Waals surface area contributed by atoms with Crippen LogP contribution in [0.3, 0.4) is 0 Å². The van der Waals surface area contributed by atoms with Gasteiger partial charge in [0.25, 0.3) is 6.71 Å². The molecule has 0 saturated carbocycles. The predicted molar refractivity (Wildman–Crippen MR) is 370 cm³/mol. The van der Waals surface area contributed by atoms with E-state index in [1.807, 2.05) is 12.2 Å². The van der Waals surface area contributed by atoms with E-state index in [2.05, 4.69) is 328 Å². The molecule has 0 N–H and O–H groups in total. The molecule has 0 aromatic heterocycles.